The van der Waals surface area contributed by atoms with Crippen LogP contribution in [0.15, 0.2) is 28.9 Å². The van der Waals surface area contributed by atoms with Crippen molar-refractivity contribution in [3.8, 4) is 11.6 Å². The van der Waals surface area contributed by atoms with E-state index in [1.807, 2.05) is 0 Å². The molecule has 0 aliphatic carbocycles. The normalized spacial score (nSPS) is 10.4. The summed E-state index contributed by atoms with van der Waals surface area (Å²) in [6.07, 6.45) is 1.19. The van der Waals surface area contributed by atoms with Crippen LogP contribution in [0.5, 0.6) is 11.6 Å². The molecule has 0 spiro atoms. The Hall–Kier alpha value is -1.01. The first-order chi connectivity index (χ1) is 9.38. The predicted octanol–water partition coefficient (Wildman–Crippen LogP) is 5.29. The molecule has 4 nitrogen and oxygen atoms in total. The highest BCUT2D eigenvalue weighted by Crippen LogP contribution is 2.36. The van der Waals surface area contributed by atoms with E-state index in [2.05, 4.69) is 20.9 Å². The molecule has 0 saturated heterocycles. The molecule has 1 N–H and O–H groups in total. The SMILES string of the molecule is O=C(O)c1cc(Oc2cc(Cl)c(Br)cc2Cl)ncc1Cl. The zero-order chi connectivity index (χ0) is 14.9. The van der Waals surface area contributed by atoms with Gasteiger partial charge in [-0.2, -0.15) is 0 Å². The zero-order valence-electron chi connectivity index (χ0n) is 9.53. The van der Waals surface area contributed by atoms with E-state index in [1.54, 1.807) is 6.07 Å². The third-order valence-corrected chi connectivity index (χ3v) is 4.04. The van der Waals surface area contributed by atoms with Crippen LogP contribution in [0.1, 0.15) is 10.4 Å². The highest BCUT2D eigenvalue weighted by Gasteiger charge is 2.13. The smallest absolute Gasteiger partial charge is 0.337 e. The number of pyridine rings is 1. The summed E-state index contributed by atoms with van der Waals surface area (Å²) in [7, 11) is 0. The summed E-state index contributed by atoms with van der Waals surface area (Å²) in [5, 5.41) is 9.69. The third-order valence-electron chi connectivity index (χ3n) is 2.25. The lowest BCUT2D eigenvalue weighted by atomic mass is 10.2. The van der Waals surface area contributed by atoms with E-state index in [0.29, 0.717) is 14.5 Å². The van der Waals surface area contributed by atoms with Crippen LogP contribution < -0.4 is 4.74 Å². The molecule has 0 aliphatic heterocycles. The molecule has 2 rings (SSSR count). The van der Waals surface area contributed by atoms with Gasteiger partial charge in [-0.1, -0.05) is 34.8 Å². The van der Waals surface area contributed by atoms with Gasteiger partial charge in [-0.05, 0) is 22.0 Å². The molecule has 1 heterocycles. The maximum absolute atomic E-state index is 11.0. The van der Waals surface area contributed by atoms with Gasteiger partial charge in [-0.25, -0.2) is 9.78 Å². The molecule has 2 aromatic rings. The Morgan fingerprint density at radius 3 is 2.50 bits per heavy atom. The number of carboxylic acid groups (broad SMARTS) is 1. The molecule has 20 heavy (non-hydrogen) atoms. The van der Waals surface area contributed by atoms with E-state index >= 15 is 0 Å². The van der Waals surface area contributed by atoms with Crippen LogP contribution in [0.25, 0.3) is 0 Å². The average Bonchev–Trinajstić information content (AvgIpc) is 2.37. The number of carboxylic acids is 1. The van der Waals surface area contributed by atoms with Crippen molar-refractivity contribution in [3.63, 3.8) is 0 Å². The largest absolute Gasteiger partial charge is 0.478 e. The standard InChI is InChI=1S/C12H5BrCl3NO3/c13-6-2-8(15)10(3-7(6)14)20-11-1-5(12(18)19)9(16)4-17-11/h1-4H,(H,18,19). The zero-order valence-corrected chi connectivity index (χ0v) is 13.4. The molecule has 0 saturated carbocycles. The third kappa shape index (κ3) is 3.35. The van der Waals surface area contributed by atoms with Crippen LogP contribution in [0.4, 0.5) is 0 Å². The van der Waals surface area contributed by atoms with Crippen molar-refractivity contribution < 1.29 is 14.6 Å². The van der Waals surface area contributed by atoms with Gasteiger partial charge in [0.25, 0.3) is 0 Å². The molecular formula is C12H5BrCl3NO3. The quantitative estimate of drug-likeness (QED) is 0.715. The number of aromatic carboxylic acids is 1. The molecule has 0 radical (unpaired) electrons. The maximum Gasteiger partial charge on any atom is 0.337 e. The van der Waals surface area contributed by atoms with Gasteiger partial charge in [0.15, 0.2) is 0 Å². The summed E-state index contributed by atoms with van der Waals surface area (Å²) >= 11 is 20.9. The van der Waals surface area contributed by atoms with E-state index in [0.717, 1.165) is 0 Å². The molecular weight excluding hydrogens is 392 g/mol. The highest BCUT2D eigenvalue weighted by atomic mass is 79.9. The first-order valence-corrected chi connectivity index (χ1v) is 7.02. The average molecular weight is 397 g/mol. The second kappa shape index (κ2) is 6.18. The van der Waals surface area contributed by atoms with Gasteiger partial charge in [-0.3, -0.25) is 0 Å². The minimum Gasteiger partial charge on any atom is -0.478 e. The van der Waals surface area contributed by atoms with E-state index < -0.39 is 5.97 Å². The number of aromatic nitrogens is 1. The van der Waals surface area contributed by atoms with Crippen LogP contribution >= 0.6 is 50.7 Å². The van der Waals surface area contributed by atoms with Gasteiger partial charge < -0.3 is 9.84 Å². The van der Waals surface area contributed by atoms with Gasteiger partial charge >= 0.3 is 5.97 Å². The number of benzene rings is 1. The summed E-state index contributed by atoms with van der Waals surface area (Å²) in [4.78, 5) is 14.8. The number of hydrogen-bond acceptors (Lipinski definition) is 3. The van der Waals surface area contributed by atoms with Gasteiger partial charge in [0.1, 0.15) is 5.75 Å². The second-order valence-electron chi connectivity index (χ2n) is 3.61. The Morgan fingerprint density at radius 2 is 1.85 bits per heavy atom. The fourth-order valence-corrected chi connectivity index (χ4v) is 2.35. The van der Waals surface area contributed by atoms with Crippen molar-refractivity contribution in [2.45, 2.75) is 0 Å². The summed E-state index contributed by atoms with van der Waals surface area (Å²) in [6.45, 7) is 0. The molecule has 0 fully saturated rings. The number of carbonyl (C=O) groups is 1. The number of rotatable bonds is 3. The summed E-state index contributed by atoms with van der Waals surface area (Å²) in [5.41, 5.74) is -0.115. The molecule has 104 valence electrons. The van der Waals surface area contributed by atoms with E-state index in [-0.39, 0.29) is 22.2 Å². The first kappa shape index (κ1) is 15.4. The Kier molecular flexibility index (Phi) is 4.75. The fraction of sp³-hybridized carbons (Fsp3) is 0. The van der Waals surface area contributed by atoms with E-state index in [4.69, 9.17) is 44.6 Å². The van der Waals surface area contributed by atoms with Crippen molar-refractivity contribution in [2.24, 2.45) is 0 Å². The summed E-state index contributed by atoms with van der Waals surface area (Å²) < 4.78 is 6.04. The van der Waals surface area contributed by atoms with Gasteiger partial charge in [-0.15, -0.1) is 0 Å². The van der Waals surface area contributed by atoms with E-state index in [9.17, 15) is 4.79 Å². The molecule has 0 amide bonds. The Bertz CT molecular complexity index is 694. The highest BCUT2D eigenvalue weighted by molar-refractivity contribution is 9.10. The topological polar surface area (TPSA) is 59.4 Å². The molecule has 8 heteroatoms. The molecule has 1 aromatic carbocycles. The molecule has 0 atom stereocenters. The molecule has 0 unspecified atom stereocenters. The van der Waals surface area contributed by atoms with Gasteiger partial charge in [0.2, 0.25) is 5.88 Å². The molecule has 0 aliphatic rings. The first-order valence-electron chi connectivity index (χ1n) is 5.09. The van der Waals surface area contributed by atoms with Crippen molar-refractivity contribution >= 4 is 56.7 Å². The maximum atomic E-state index is 11.0. The van der Waals surface area contributed by atoms with Crippen LogP contribution in [-0.2, 0) is 0 Å². The lowest BCUT2D eigenvalue weighted by molar-refractivity contribution is 0.0696. The van der Waals surface area contributed by atoms with Crippen LogP contribution in [0.2, 0.25) is 15.1 Å². The Balaban J connectivity index is 2.38. The molecule has 1 aromatic heterocycles. The lowest BCUT2D eigenvalue weighted by Crippen LogP contribution is -1.99. The predicted molar refractivity (Wildman–Crippen MR) is 80.4 cm³/mol. The Morgan fingerprint density at radius 1 is 1.15 bits per heavy atom. The number of nitrogens with zero attached hydrogens (tertiary/aromatic N) is 1. The number of hydrogen-bond donors (Lipinski definition) is 1. The van der Waals surface area contributed by atoms with Crippen LogP contribution in [0.3, 0.4) is 0 Å². The van der Waals surface area contributed by atoms with Crippen molar-refractivity contribution in [2.75, 3.05) is 0 Å². The number of halogens is 4. The Labute approximate surface area is 137 Å². The van der Waals surface area contributed by atoms with Gasteiger partial charge in [0, 0.05) is 16.6 Å². The second-order valence-corrected chi connectivity index (χ2v) is 5.68. The van der Waals surface area contributed by atoms with E-state index in [1.165, 1.54) is 18.3 Å². The lowest BCUT2D eigenvalue weighted by Gasteiger charge is -2.09. The summed E-state index contributed by atoms with van der Waals surface area (Å²) in [6, 6.07) is 4.26. The minimum atomic E-state index is -1.18. The van der Waals surface area contributed by atoms with Crippen molar-refractivity contribution in [3.05, 3.63) is 49.5 Å². The van der Waals surface area contributed by atoms with Crippen molar-refractivity contribution in [1.29, 1.82) is 0 Å². The minimum absolute atomic E-state index is 0.0183. The summed E-state index contributed by atoms with van der Waals surface area (Å²) in [5.74, 6) is -0.875. The molecule has 0 bridgehead atoms. The van der Waals surface area contributed by atoms with Crippen molar-refractivity contribution in [1.82, 2.24) is 4.98 Å². The fourth-order valence-electron chi connectivity index (χ4n) is 1.33. The monoisotopic (exact) mass is 395 g/mol. The van der Waals surface area contributed by atoms with Crippen LogP contribution in [-0.4, -0.2) is 16.1 Å². The van der Waals surface area contributed by atoms with Crippen LogP contribution in [0, 0.1) is 0 Å². The number of ether oxygens (including phenoxy) is 1. The van der Waals surface area contributed by atoms with Gasteiger partial charge in [0.05, 0.1) is 26.8 Å².